The topological polar surface area (TPSA) is 41.6 Å². The first-order valence-corrected chi connectivity index (χ1v) is 5.32. The summed E-state index contributed by atoms with van der Waals surface area (Å²) in [5.74, 6) is 0.269. The Kier molecular flexibility index (Phi) is 8.76. The van der Waals surface area contributed by atoms with Crippen molar-refractivity contribution in [2.45, 2.75) is 19.3 Å². The Labute approximate surface area is 97.8 Å². The zero-order valence-corrected chi connectivity index (χ0v) is 10.1. The molecule has 1 N–H and O–H groups in total. The van der Waals surface area contributed by atoms with Gasteiger partial charge in [0.1, 0.15) is 0 Å². The van der Waals surface area contributed by atoms with E-state index in [0.717, 1.165) is 39.0 Å². The maximum Gasteiger partial charge on any atom is 0.222 e. The van der Waals surface area contributed by atoms with Crippen LogP contribution in [0.4, 0.5) is 0 Å². The van der Waals surface area contributed by atoms with Gasteiger partial charge in [0.15, 0.2) is 0 Å². The van der Waals surface area contributed by atoms with E-state index in [-0.39, 0.29) is 18.3 Å². The molecule has 0 atom stereocenters. The smallest absolute Gasteiger partial charge is 0.222 e. The van der Waals surface area contributed by atoms with Gasteiger partial charge in [-0.15, -0.1) is 12.4 Å². The summed E-state index contributed by atoms with van der Waals surface area (Å²) in [5.41, 5.74) is 0. The first-order valence-electron chi connectivity index (χ1n) is 5.32. The number of carbonyl (C=O) groups is 1. The average molecular weight is 237 g/mol. The van der Waals surface area contributed by atoms with E-state index in [2.05, 4.69) is 5.32 Å². The molecule has 1 fully saturated rings. The number of rotatable bonds is 4. The highest BCUT2D eigenvalue weighted by molar-refractivity contribution is 5.85. The maximum atomic E-state index is 11.7. The number of amides is 1. The van der Waals surface area contributed by atoms with Crippen molar-refractivity contribution in [1.82, 2.24) is 10.2 Å². The fourth-order valence-corrected chi connectivity index (χ4v) is 1.62. The highest BCUT2D eigenvalue weighted by Crippen LogP contribution is 2.01. The van der Waals surface area contributed by atoms with Gasteiger partial charge in [0, 0.05) is 39.8 Å². The van der Waals surface area contributed by atoms with Crippen LogP contribution in [0.2, 0.25) is 0 Å². The van der Waals surface area contributed by atoms with Crippen molar-refractivity contribution in [1.29, 1.82) is 0 Å². The van der Waals surface area contributed by atoms with E-state index in [1.54, 1.807) is 7.11 Å². The van der Waals surface area contributed by atoms with Crippen LogP contribution in [0.25, 0.3) is 0 Å². The minimum Gasteiger partial charge on any atom is -0.385 e. The van der Waals surface area contributed by atoms with Crippen molar-refractivity contribution in [3.05, 3.63) is 0 Å². The van der Waals surface area contributed by atoms with E-state index in [1.807, 2.05) is 4.90 Å². The minimum absolute atomic E-state index is 0. The molecule has 0 aromatic rings. The molecule has 0 aromatic heterocycles. The number of nitrogens with one attached hydrogen (secondary N) is 1. The first kappa shape index (κ1) is 14.7. The summed E-state index contributed by atoms with van der Waals surface area (Å²) in [6.07, 6.45) is 2.52. The molecule has 5 heteroatoms. The van der Waals surface area contributed by atoms with Crippen LogP contribution in [0.5, 0.6) is 0 Å². The number of hydrogen-bond acceptors (Lipinski definition) is 3. The van der Waals surface area contributed by atoms with Crippen molar-refractivity contribution in [2.24, 2.45) is 0 Å². The van der Waals surface area contributed by atoms with Gasteiger partial charge in [-0.2, -0.15) is 0 Å². The maximum absolute atomic E-state index is 11.7. The Morgan fingerprint density at radius 3 is 2.93 bits per heavy atom. The summed E-state index contributed by atoms with van der Waals surface area (Å²) in [6, 6.07) is 0. The molecule has 4 nitrogen and oxygen atoms in total. The van der Waals surface area contributed by atoms with E-state index in [9.17, 15) is 4.79 Å². The molecule has 15 heavy (non-hydrogen) atoms. The number of ether oxygens (including phenoxy) is 1. The van der Waals surface area contributed by atoms with Crippen LogP contribution in [-0.4, -0.2) is 50.7 Å². The van der Waals surface area contributed by atoms with Crippen molar-refractivity contribution in [3.8, 4) is 0 Å². The molecular weight excluding hydrogens is 216 g/mol. The van der Waals surface area contributed by atoms with Crippen LogP contribution in [0.15, 0.2) is 0 Å². The van der Waals surface area contributed by atoms with E-state index in [4.69, 9.17) is 4.74 Å². The molecule has 1 saturated heterocycles. The van der Waals surface area contributed by atoms with E-state index in [1.165, 1.54) is 0 Å². The lowest BCUT2D eigenvalue weighted by molar-refractivity contribution is -0.131. The van der Waals surface area contributed by atoms with Crippen LogP contribution in [0.3, 0.4) is 0 Å². The third-order valence-corrected chi connectivity index (χ3v) is 2.43. The molecule has 1 aliphatic heterocycles. The second-order valence-corrected chi connectivity index (χ2v) is 3.58. The van der Waals surface area contributed by atoms with Crippen LogP contribution in [0.1, 0.15) is 19.3 Å². The zero-order valence-electron chi connectivity index (χ0n) is 9.33. The fourth-order valence-electron chi connectivity index (χ4n) is 1.62. The Balaban J connectivity index is 0.00000196. The Bertz CT molecular complexity index is 171. The highest BCUT2D eigenvalue weighted by Gasteiger charge is 2.14. The summed E-state index contributed by atoms with van der Waals surface area (Å²) >= 11 is 0. The molecule has 1 rings (SSSR count). The predicted molar refractivity (Wildman–Crippen MR) is 62.4 cm³/mol. The van der Waals surface area contributed by atoms with Gasteiger partial charge in [-0.25, -0.2) is 0 Å². The normalized spacial score (nSPS) is 16.7. The SMILES string of the molecule is COCCCC(=O)N1CCCNCC1.Cl. The van der Waals surface area contributed by atoms with Crippen LogP contribution in [0, 0.1) is 0 Å². The molecule has 0 aromatic carbocycles. The van der Waals surface area contributed by atoms with E-state index in [0.29, 0.717) is 13.0 Å². The second-order valence-electron chi connectivity index (χ2n) is 3.58. The van der Waals surface area contributed by atoms with Gasteiger partial charge in [0.25, 0.3) is 0 Å². The fraction of sp³-hybridized carbons (Fsp3) is 0.900. The quantitative estimate of drug-likeness (QED) is 0.730. The van der Waals surface area contributed by atoms with E-state index >= 15 is 0 Å². The van der Waals surface area contributed by atoms with Crippen LogP contribution < -0.4 is 5.32 Å². The number of carbonyl (C=O) groups excluding carboxylic acids is 1. The first-order chi connectivity index (χ1) is 6.84. The Morgan fingerprint density at radius 1 is 1.40 bits per heavy atom. The summed E-state index contributed by atoms with van der Waals surface area (Å²) < 4.78 is 4.92. The van der Waals surface area contributed by atoms with Gasteiger partial charge in [-0.05, 0) is 19.4 Å². The molecule has 0 saturated carbocycles. The van der Waals surface area contributed by atoms with Gasteiger partial charge in [0.05, 0.1) is 0 Å². The number of methoxy groups -OCH3 is 1. The van der Waals surface area contributed by atoms with Crippen molar-refractivity contribution in [2.75, 3.05) is 39.9 Å². The van der Waals surface area contributed by atoms with Crippen LogP contribution in [-0.2, 0) is 9.53 Å². The summed E-state index contributed by atoms with van der Waals surface area (Å²) in [7, 11) is 1.67. The second kappa shape index (κ2) is 8.95. The highest BCUT2D eigenvalue weighted by atomic mass is 35.5. The summed E-state index contributed by atoms with van der Waals surface area (Å²) in [4.78, 5) is 13.6. The van der Waals surface area contributed by atoms with Gasteiger partial charge in [0.2, 0.25) is 5.91 Å². The van der Waals surface area contributed by atoms with Gasteiger partial charge in [-0.3, -0.25) is 4.79 Å². The molecule has 0 radical (unpaired) electrons. The molecule has 90 valence electrons. The lowest BCUT2D eigenvalue weighted by atomic mass is 10.2. The number of hydrogen-bond donors (Lipinski definition) is 1. The average Bonchev–Trinajstić information content (AvgIpc) is 2.46. The molecule has 0 spiro atoms. The molecular formula is C10H21ClN2O2. The molecule has 1 amide bonds. The van der Waals surface area contributed by atoms with Gasteiger partial charge >= 0.3 is 0 Å². The van der Waals surface area contributed by atoms with Gasteiger partial charge in [-0.1, -0.05) is 0 Å². The van der Waals surface area contributed by atoms with E-state index < -0.39 is 0 Å². The van der Waals surface area contributed by atoms with Crippen molar-refractivity contribution < 1.29 is 9.53 Å². The molecule has 0 aliphatic carbocycles. The van der Waals surface area contributed by atoms with Crippen molar-refractivity contribution >= 4 is 18.3 Å². The molecule has 0 unspecified atom stereocenters. The zero-order chi connectivity index (χ0) is 10.2. The third kappa shape index (κ3) is 5.97. The standard InChI is InChI=1S/C10H20N2O2.ClH/c1-14-9-2-4-10(13)12-7-3-5-11-6-8-12;/h11H,2-9H2,1H3;1H. The summed E-state index contributed by atoms with van der Waals surface area (Å²) in [6.45, 7) is 4.39. The van der Waals surface area contributed by atoms with Crippen molar-refractivity contribution in [3.63, 3.8) is 0 Å². The van der Waals surface area contributed by atoms with Crippen LogP contribution >= 0.6 is 12.4 Å². The van der Waals surface area contributed by atoms with Gasteiger partial charge < -0.3 is 15.0 Å². The number of halogens is 1. The predicted octanol–water partition coefficient (Wildman–Crippen LogP) is 0.657. The molecule has 0 bridgehead atoms. The monoisotopic (exact) mass is 236 g/mol. The lowest BCUT2D eigenvalue weighted by Gasteiger charge is -2.19. The Morgan fingerprint density at radius 2 is 2.20 bits per heavy atom. The largest absolute Gasteiger partial charge is 0.385 e. The lowest BCUT2D eigenvalue weighted by Crippen LogP contribution is -2.34. The molecule has 1 aliphatic rings. The third-order valence-electron chi connectivity index (χ3n) is 2.43. The Hall–Kier alpha value is -0.320. The minimum atomic E-state index is 0. The molecule has 1 heterocycles. The number of nitrogens with zero attached hydrogens (tertiary/aromatic N) is 1. The summed E-state index contributed by atoms with van der Waals surface area (Å²) in [5, 5.41) is 3.28.